The predicted octanol–water partition coefficient (Wildman–Crippen LogP) is 1.07. The van der Waals surface area contributed by atoms with E-state index in [-0.39, 0.29) is 11.4 Å². The van der Waals surface area contributed by atoms with Crippen LogP contribution in [-0.4, -0.2) is 4.92 Å². The molecule has 4 N–H and O–H groups in total. The third-order valence-electron chi connectivity index (χ3n) is 1.60. The zero-order valence-corrected chi connectivity index (χ0v) is 6.57. The molecule has 1 aromatic rings. The molecule has 0 amide bonds. The maximum atomic E-state index is 10.4. The van der Waals surface area contributed by atoms with Crippen molar-refractivity contribution in [3.8, 4) is 0 Å². The van der Waals surface area contributed by atoms with Gasteiger partial charge in [0.05, 0.1) is 16.3 Å². The van der Waals surface area contributed by atoms with Crippen LogP contribution < -0.4 is 11.5 Å². The third-order valence-corrected chi connectivity index (χ3v) is 1.60. The van der Waals surface area contributed by atoms with Crippen molar-refractivity contribution >= 4 is 17.1 Å². The number of benzene rings is 1. The Kier molecular flexibility index (Phi) is 1.86. The van der Waals surface area contributed by atoms with Gasteiger partial charge in [0.1, 0.15) is 0 Å². The van der Waals surface area contributed by atoms with Crippen LogP contribution in [0.3, 0.4) is 0 Å². The second kappa shape index (κ2) is 2.69. The fourth-order valence-electron chi connectivity index (χ4n) is 0.932. The van der Waals surface area contributed by atoms with Gasteiger partial charge in [0, 0.05) is 11.6 Å². The highest BCUT2D eigenvalue weighted by molar-refractivity contribution is 5.69. The molecule has 0 heterocycles. The lowest BCUT2D eigenvalue weighted by Gasteiger charge is -2.01. The Morgan fingerprint density at radius 2 is 1.83 bits per heavy atom. The van der Waals surface area contributed by atoms with Gasteiger partial charge in [-0.3, -0.25) is 10.1 Å². The molecule has 0 saturated heterocycles. The van der Waals surface area contributed by atoms with Crippen molar-refractivity contribution < 1.29 is 4.92 Å². The summed E-state index contributed by atoms with van der Waals surface area (Å²) < 4.78 is 0. The van der Waals surface area contributed by atoms with Crippen LogP contribution in [0.4, 0.5) is 17.1 Å². The molecule has 64 valence electrons. The van der Waals surface area contributed by atoms with E-state index in [1.807, 2.05) is 0 Å². The Balaban J connectivity index is 3.33. The molecule has 0 spiro atoms. The van der Waals surface area contributed by atoms with Gasteiger partial charge in [-0.05, 0) is 13.0 Å². The topological polar surface area (TPSA) is 95.2 Å². The van der Waals surface area contributed by atoms with Gasteiger partial charge in [-0.15, -0.1) is 0 Å². The molecular formula is C7H9N3O2. The van der Waals surface area contributed by atoms with Gasteiger partial charge in [-0.2, -0.15) is 0 Å². The number of nitrogens with two attached hydrogens (primary N) is 2. The number of anilines is 2. The average Bonchev–Trinajstić information content (AvgIpc) is 1.96. The van der Waals surface area contributed by atoms with Crippen molar-refractivity contribution in [3.63, 3.8) is 0 Å². The summed E-state index contributed by atoms with van der Waals surface area (Å²) in [5.74, 6) is 0. The van der Waals surface area contributed by atoms with Crippen LogP contribution in [0.2, 0.25) is 0 Å². The quantitative estimate of drug-likeness (QED) is 0.371. The van der Waals surface area contributed by atoms with Gasteiger partial charge < -0.3 is 11.5 Å². The first kappa shape index (κ1) is 8.32. The van der Waals surface area contributed by atoms with Crippen molar-refractivity contribution in [3.05, 3.63) is 27.8 Å². The van der Waals surface area contributed by atoms with E-state index in [1.165, 1.54) is 12.1 Å². The van der Waals surface area contributed by atoms with Crippen LogP contribution in [0.1, 0.15) is 5.56 Å². The number of hydrogen-bond donors (Lipinski definition) is 2. The van der Waals surface area contributed by atoms with Gasteiger partial charge in [0.15, 0.2) is 0 Å². The van der Waals surface area contributed by atoms with Crippen molar-refractivity contribution in [2.75, 3.05) is 11.5 Å². The second-order valence-corrected chi connectivity index (χ2v) is 2.52. The van der Waals surface area contributed by atoms with Crippen LogP contribution in [0.5, 0.6) is 0 Å². The Bertz CT molecular complexity index is 336. The molecule has 5 heteroatoms. The van der Waals surface area contributed by atoms with Crippen molar-refractivity contribution in [1.29, 1.82) is 0 Å². The Labute approximate surface area is 69.1 Å². The Morgan fingerprint density at radius 1 is 1.33 bits per heavy atom. The number of nitrogens with zero attached hydrogens (tertiary/aromatic N) is 1. The molecule has 0 fully saturated rings. The van der Waals surface area contributed by atoms with E-state index in [4.69, 9.17) is 11.5 Å². The summed E-state index contributed by atoms with van der Waals surface area (Å²) in [5.41, 5.74) is 12.0. The molecule has 1 aromatic carbocycles. The van der Waals surface area contributed by atoms with Crippen LogP contribution in [0, 0.1) is 17.0 Å². The van der Waals surface area contributed by atoms with E-state index < -0.39 is 4.92 Å². The largest absolute Gasteiger partial charge is 0.397 e. The predicted molar refractivity (Wildman–Crippen MR) is 46.7 cm³/mol. The number of aryl methyl sites for hydroxylation is 1. The molecule has 1 rings (SSSR count). The standard InChI is InChI=1S/C7H9N3O2/c1-4-2-5(8)6(9)3-7(4)10(11)12/h2-3H,8-9H2,1H3. The summed E-state index contributed by atoms with van der Waals surface area (Å²) in [6, 6.07) is 2.76. The first-order valence-corrected chi connectivity index (χ1v) is 3.32. The summed E-state index contributed by atoms with van der Waals surface area (Å²) in [7, 11) is 0. The summed E-state index contributed by atoms with van der Waals surface area (Å²) >= 11 is 0. The molecule has 5 nitrogen and oxygen atoms in total. The molecule has 0 radical (unpaired) electrons. The summed E-state index contributed by atoms with van der Waals surface area (Å²) in [4.78, 5) is 9.91. The number of rotatable bonds is 1. The first-order chi connectivity index (χ1) is 5.52. The fourth-order valence-corrected chi connectivity index (χ4v) is 0.932. The molecule has 12 heavy (non-hydrogen) atoms. The molecule has 0 saturated carbocycles. The highest BCUT2D eigenvalue weighted by Gasteiger charge is 2.11. The maximum Gasteiger partial charge on any atom is 0.274 e. The summed E-state index contributed by atoms with van der Waals surface area (Å²) in [5, 5.41) is 10.4. The van der Waals surface area contributed by atoms with Crippen molar-refractivity contribution in [2.24, 2.45) is 0 Å². The Morgan fingerprint density at radius 3 is 2.33 bits per heavy atom. The maximum absolute atomic E-state index is 10.4. The monoisotopic (exact) mass is 167 g/mol. The molecule has 0 atom stereocenters. The fraction of sp³-hybridized carbons (Fsp3) is 0.143. The Hall–Kier alpha value is -1.78. The number of nitrogen functional groups attached to an aromatic ring is 2. The third kappa shape index (κ3) is 1.29. The molecule has 0 bridgehead atoms. The molecule has 0 aliphatic rings. The number of hydrogen-bond acceptors (Lipinski definition) is 4. The molecule has 0 unspecified atom stereocenters. The van der Waals surface area contributed by atoms with Crippen LogP contribution >= 0.6 is 0 Å². The van der Waals surface area contributed by atoms with E-state index in [0.717, 1.165) is 0 Å². The van der Waals surface area contributed by atoms with Gasteiger partial charge in [-0.1, -0.05) is 0 Å². The first-order valence-electron chi connectivity index (χ1n) is 3.32. The normalized spacial score (nSPS) is 9.75. The minimum atomic E-state index is -0.481. The molecule has 0 aliphatic heterocycles. The minimum Gasteiger partial charge on any atom is -0.397 e. The SMILES string of the molecule is Cc1cc(N)c(N)cc1[N+](=O)[O-]. The van der Waals surface area contributed by atoms with Crippen LogP contribution in [0.25, 0.3) is 0 Å². The van der Waals surface area contributed by atoms with Crippen molar-refractivity contribution in [2.45, 2.75) is 6.92 Å². The highest BCUT2D eigenvalue weighted by atomic mass is 16.6. The zero-order valence-electron chi connectivity index (χ0n) is 6.57. The lowest BCUT2D eigenvalue weighted by Crippen LogP contribution is -1.98. The summed E-state index contributed by atoms with van der Waals surface area (Å²) in [6.45, 7) is 1.62. The minimum absolute atomic E-state index is 0.00157. The van der Waals surface area contributed by atoms with E-state index >= 15 is 0 Å². The van der Waals surface area contributed by atoms with Gasteiger partial charge in [0.25, 0.3) is 5.69 Å². The lowest BCUT2D eigenvalue weighted by atomic mass is 10.1. The second-order valence-electron chi connectivity index (χ2n) is 2.52. The van der Waals surface area contributed by atoms with E-state index in [2.05, 4.69) is 0 Å². The van der Waals surface area contributed by atoms with Crippen LogP contribution in [-0.2, 0) is 0 Å². The number of nitro benzene ring substituents is 1. The van der Waals surface area contributed by atoms with Gasteiger partial charge in [-0.25, -0.2) is 0 Å². The highest BCUT2D eigenvalue weighted by Crippen LogP contribution is 2.25. The lowest BCUT2D eigenvalue weighted by molar-refractivity contribution is -0.385. The molecule has 0 aromatic heterocycles. The van der Waals surface area contributed by atoms with E-state index in [0.29, 0.717) is 11.3 Å². The van der Waals surface area contributed by atoms with Gasteiger partial charge >= 0.3 is 0 Å². The zero-order chi connectivity index (χ0) is 9.30. The van der Waals surface area contributed by atoms with E-state index in [9.17, 15) is 10.1 Å². The summed E-state index contributed by atoms with van der Waals surface area (Å²) in [6.07, 6.45) is 0. The van der Waals surface area contributed by atoms with Crippen molar-refractivity contribution in [1.82, 2.24) is 0 Å². The average molecular weight is 167 g/mol. The smallest absolute Gasteiger partial charge is 0.274 e. The molecule has 0 aliphatic carbocycles. The van der Waals surface area contributed by atoms with E-state index in [1.54, 1.807) is 6.92 Å². The van der Waals surface area contributed by atoms with Gasteiger partial charge in [0.2, 0.25) is 0 Å². The number of nitro groups is 1. The molecular weight excluding hydrogens is 158 g/mol. The van der Waals surface area contributed by atoms with Crippen LogP contribution in [0.15, 0.2) is 12.1 Å².